The highest BCUT2D eigenvalue weighted by atomic mass is 35.5. The summed E-state index contributed by atoms with van der Waals surface area (Å²) in [6, 6.07) is 7.90. The first-order chi connectivity index (χ1) is 8.69. The minimum Gasteiger partial charge on any atom is -0.475 e. The van der Waals surface area contributed by atoms with Crippen LogP contribution in [0.1, 0.15) is 26.2 Å². The van der Waals surface area contributed by atoms with Gasteiger partial charge < -0.3 is 10.5 Å². The Morgan fingerprint density at radius 3 is 2.50 bits per heavy atom. The molecule has 1 fully saturated rings. The first kappa shape index (κ1) is 13.7. The summed E-state index contributed by atoms with van der Waals surface area (Å²) in [5, 5.41) is 0.736. The van der Waals surface area contributed by atoms with E-state index in [2.05, 4.69) is 11.8 Å². The van der Waals surface area contributed by atoms with Crippen molar-refractivity contribution in [3.05, 3.63) is 29.3 Å². The van der Waals surface area contributed by atoms with E-state index in [0.29, 0.717) is 6.04 Å². The first-order valence-electron chi connectivity index (χ1n) is 6.61. The molecule has 100 valence electrons. The highest BCUT2D eigenvalue weighted by Gasteiger charge is 2.23. The Morgan fingerprint density at radius 2 is 1.94 bits per heavy atom. The van der Waals surface area contributed by atoms with Crippen molar-refractivity contribution >= 4 is 11.6 Å². The van der Waals surface area contributed by atoms with Gasteiger partial charge in [0.05, 0.1) is 0 Å². The van der Waals surface area contributed by atoms with Crippen LogP contribution in [0.15, 0.2) is 24.3 Å². The Morgan fingerprint density at radius 1 is 1.33 bits per heavy atom. The normalized spacial score (nSPS) is 19.7. The highest BCUT2D eigenvalue weighted by Crippen LogP contribution is 2.20. The van der Waals surface area contributed by atoms with Crippen LogP contribution in [0.3, 0.4) is 0 Å². The van der Waals surface area contributed by atoms with E-state index in [1.165, 1.54) is 0 Å². The largest absolute Gasteiger partial charge is 0.475 e. The summed E-state index contributed by atoms with van der Waals surface area (Å²) in [6.07, 6.45) is 3.22. The third-order valence-electron chi connectivity index (χ3n) is 3.42. The number of nitrogens with zero attached hydrogens (tertiary/aromatic N) is 1. The summed E-state index contributed by atoms with van der Waals surface area (Å²) in [7, 11) is 0. The molecule has 0 saturated carbocycles. The van der Waals surface area contributed by atoms with Gasteiger partial charge in [-0.15, -0.1) is 0 Å². The van der Waals surface area contributed by atoms with Crippen molar-refractivity contribution in [2.75, 3.05) is 13.1 Å². The fourth-order valence-corrected chi connectivity index (χ4v) is 2.42. The smallest absolute Gasteiger partial charge is 0.152 e. The molecule has 1 saturated heterocycles. The number of nitrogens with two attached hydrogens (primary N) is 1. The Bertz CT molecular complexity index is 361. The summed E-state index contributed by atoms with van der Waals surface area (Å²) < 4.78 is 6.02. The number of likely N-dealkylation sites (tertiary alicyclic amines) is 1. The standard InChI is InChI=1S/C14H21ClN2O/c1-2-14(17-9-7-12(16)8-10-17)18-13-5-3-11(15)4-6-13/h3-6,12,14H,2,7-10,16H2,1H3/t14-/m0/s1. The molecule has 1 aliphatic heterocycles. The van der Waals surface area contributed by atoms with E-state index in [1.807, 2.05) is 24.3 Å². The Balaban J connectivity index is 1.94. The van der Waals surface area contributed by atoms with Crippen LogP contribution >= 0.6 is 11.6 Å². The van der Waals surface area contributed by atoms with E-state index in [0.717, 1.165) is 43.1 Å². The van der Waals surface area contributed by atoms with Crippen LogP contribution in [0.25, 0.3) is 0 Å². The average molecular weight is 269 g/mol. The van der Waals surface area contributed by atoms with Gasteiger partial charge in [0.15, 0.2) is 6.23 Å². The van der Waals surface area contributed by atoms with E-state index >= 15 is 0 Å². The SMILES string of the molecule is CC[C@H](Oc1ccc(Cl)cc1)N1CCC(N)CC1. The number of hydrogen-bond acceptors (Lipinski definition) is 3. The van der Waals surface area contributed by atoms with E-state index in [1.54, 1.807) is 0 Å². The second-order valence-electron chi connectivity index (χ2n) is 4.81. The van der Waals surface area contributed by atoms with Gasteiger partial charge >= 0.3 is 0 Å². The molecule has 2 rings (SSSR count). The van der Waals surface area contributed by atoms with Crippen LogP contribution in [0.4, 0.5) is 0 Å². The summed E-state index contributed by atoms with van der Waals surface area (Å²) >= 11 is 5.87. The van der Waals surface area contributed by atoms with Crippen LogP contribution in [0, 0.1) is 0 Å². The second kappa shape index (κ2) is 6.41. The van der Waals surface area contributed by atoms with E-state index in [9.17, 15) is 0 Å². The van der Waals surface area contributed by atoms with Crippen molar-refractivity contribution < 1.29 is 4.74 Å². The second-order valence-corrected chi connectivity index (χ2v) is 5.24. The molecule has 1 aromatic carbocycles. The van der Waals surface area contributed by atoms with Crippen LogP contribution in [-0.2, 0) is 0 Å². The molecule has 0 unspecified atom stereocenters. The van der Waals surface area contributed by atoms with E-state index in [-0.39, 0.29) is 6.23 Å². The van der Waals surface area contributed by atoms with Crippen molar-refractivity contribution in [2.24, 2.45) is 5.73 Å². The zero-order valence-electron chi connectivity index (χ0n) is 10.8. The molecule has 4 heteroatoms. The lowest BCUT2D eigenvalue weighted by atomic mass is 10.1. The Kier molecular flexibility index (Phi) is 4.87. The molecule has 0 amide bonds. The predicted molar refractivity (Wildman–Crippen MR) is 74.9 cm³/mol. The van der Waals surface area contributed by atoms with Crippen LogP contribution in [0.2, 0.25) is 5.02 Å². The molecule has 0 spiro atoms. The molecular weight excluding hydrogens is 248 g/mol. The fraction of sp³-hybridized carbons (Fsp3) is 0.571. The van der Waals surface area contributed by atoms with Gasteiger partial charge in [-0.3, -0.25) is 4.90 Å². The maximum absolute atomic E-state index is 6.02. The molecule has 1 heterocycles. The van der Waals surface area contributed by atoms with Gasteiger partial charge in [0.25, 0.3) is 0 Å². The quantitative estimate of drug-likeness (QED) is 0.913. The summed E-state index contributed by atoms with van der Waals surface area (Å²) in [5.74, 6) is 0.876. The van der Waals surface area contributed by atoms with Crippen LogP contribution in [0.5, 0.6) is 5.75 Å². The molecule has 1 aliphatic rings. The lowest BCUT2D eigenvalue weighted by molar-refractivity contribution is 0.00672. The zero-order chi connectivity index (χ0) is 13.0. The van der Waals surface area contributed by atoms with Gasteiger partial charge in [-0.05, 0) is 43.5 Å². The van der Waals surface area contributed by atoms with Crippen LogP contribution < -0.4 is 10.5 Å². The summed E-state index contributed by atoms with van der Waals surface area (Å²) in [5.41, 5.74) is 5.93. The van der Waals surface area contributed by atoms with Crippen molar-refractivity contribution in [3.8, 4) is 5.75 Å². The number of benzene rings is 1. The monoisotopic (exact) mass is 268 g/mol. The lowest BCUT2D eigenvalue weighted by Crippen LogP contribution is -2.47. The van der Waals surface area contributed by atoms with Crippen LogP contribution in [-0.4, -0.2) is 30.3 Å². The van der Waals surface area contributed by atoms with Gasteiger partial charge in [-0.2, -0.15) is 0 Å². The molecule has 1 atom stereocenters. The van der Waals surface area contributed by atoms with Crippen molar-refractivity contribution in [3.63, 3.8) is 0 Å². The lowest BCUT2D eigenvalue weighted by Gasteiger charge is -2.36. The molecule has 0 aromatic heterocycles. The topological polar surface area (TPSA) is 38.5 Å². The van der Waals surface area contributed by atoms with Crippen molar-refractivity contribution in [1.29, 1.82) is 0 Å². The molecule has 18 heavy (non-hydrogen) atoms. The number of rotatable bonds is 4. The van der Waals surface area contributed by atoms with Crippen molar-refractivity contribution in [1.82, 2.24) is 4.90 Å². The maximum Gasteiger partial charge on any atom is 0.152 e. The molecule has 0 bridgehead atoms. The number of piperidine rings is 1. The van der Waals surface area contributed by atoms with Crippen molar-refractivity contribution in [2.45, 2.75) is 38.5 Å². The van der Waals surface area contributed by atoms with Gasteiger partial charge in [-0.1, -0.05) is 18.5 Å². The summed E-state index contributed by atoms with van der Waals surface area (Å²) in [6.45, 7) is 4.19. The fourth-order valence-electron chi connectivity index (χ4n) is 2.29. The minimum absolute atomic E-state index is 0.138. The number of ether oxygens (including phenoxy) is 1. The third kappa shape index (κ3) is 3.61. The molecule has 3 nitrogen and oxygen atoms in total. The number of hydrogen-bond donors (Lipinski definition) is 1. The van der Waals surface area contributed by atoms with E-state index < -0.39 is 0 Å². The number of halogens is 1. The average Bonchev–Trinajstić information content (AvgIpc) is 2.39. The van der Waals surface area contributed by atoms with Gasteiger partial charge in [0.2, 0.25) is 0 Å². The molecule has 2 N–H and O–H groups in total. The molecular formula is C14H21ClN2O. The highest BCUT2D eigenvalue weighted by molar-refractivity contribution is 6.30. The zero-order valence-corrected chi connectivity index (χ0v) is 11.6. The molecule has 0 radical (unpaired) electrons. The Hall–Kier alpha value is -0.770. The van der Waals surface area contributed by atoms with Gasteiger partial charge in [0, 0.05) is 24.2 Å². The van der Waals surface area contributed by atoms with E-state index in [4.69, 9.17) is 22.1 Å². The Labute approximate surface area is 114 Å². The third-order valence-corrected chi connectivity index (χ3v) is 3.67. The van der Waals surface area contributed by atoms with Gasteiger partial charge in [-0.25, -0.2) is 0 Å². The molecule has 0 aliphatic carbocycles. The summed E-state index contributed by atoms with van der Waals surface area (Å²) in [4.78, 5) is 2.37. The minimum atomic E-state index is 0.138. The van der Waals surface area contributed by atoms with Gasteiger partial charge in [0.1, 0.15) is 5.75 Å². The first-order valence-corrected chi connectivity index (χ1v) is 6.98. The molecule has 1 aromatic rings. The maximum atomic E-state index is 6.02. The predicted octanol–water partition coefficient (Wildman–Crippen LogP) is 2.88.